The van der Waals surface area contributed by atoms with E-state index >= 15 is 0 Å². The molecule has 0 fully saturated rings. The van der Waals surface area contributed by atoms with Gasteiger partial charge in [0.05, 0.1) is 36.3 Å². The average Bonchev–Trinajstić information content (AvgIpc) is 3.32. The van der Waals surface area contributed by atoms with Crippen LogP contribution in [-0.2, 0) is 28.9 Å². The first-order valence-electron chi connectivity index (χ1n) is 10.2. The van der Waals surface area contributed by atoms with Crippen molar-refractivity contribution in [3.8, 4) is 6.07 Å². The fourth-order valence-corrected chi connectivity index (χ4v) is 4.12. The zero-order chi connectivity index (χ0) is 20.9. The van der Waals surface area contributed by atoms with Gasteiger partial charge in [0.15, 0.2) is 0 Å². The van der Waals surface area contributed by atoms with Crippen molar-refractivity contribution in [1.29, 1.82) is 5.26 Å². The number of carbonyl (C=O) groups is 1. The molecule has 0 saturated heterocycles. The third kappa shape index (κ3) is 5.49. The summed E-state index contributed by atoms with van der Waals surface area (Å²) in [7, 11) is 0. The highest BCUT2D eigenvalue weighted by molar-refractivity contribution is 5.85. The number of esters is 1. The number of halogens is 2. The number of aromatic nitrogens is 2. The summed E-state index contributed by atoms with van der Waals surface area (Å²) in [6.45, 7) is 2.84. The molecule has 0 amide bonds. The van der Waals surface area contributed by atoms with Crippen LogP contribution >= 0.6 is 24.8 Å². The van der Waals surface area contributed by atoms with Gasteiger partial charge >= 0.3 is 5.97 Å². The Balaban J connectivity index is 0.00000181. The van der Waals surface area contributed by atoms with E-state index in [0.29, 0.717) is 31.6 Å². The minimum atomic E-state index is -0.369. The molecule has 0 spiro atoms. The topological polar surface area (TPSA) is 82.0 Å². The Hall–Kier alpha value is -2.85. The SMILES string of the molecule is CCOC(=O)[C@H]1Cc2ccccc2CN1C(Cc1ccc(C#N)cc1)c1cnc[nH]1.Cl.Cl. The fraction of sp³-hybridized carbons (Fsp3) is 0.292. The Morgan fingerprint density at radius 1 is 1.22 bits per heavy atom. The van der Waals surface area contributed by atoms with E-state index < -0.39 is 0 Å². The lowest BCUT2D eigenvalue weighted by Crippen LogP contribution is -2.48. The smallest absolute Gasteiger partial charge is 0.323 e. The minimum absolute atomic E-state index is 0. The molecule has 6 nitrogen and oxygen atoms in total. The summed E-state index contributed by atoms with van der Waals surface area (Å²) in [4.78, 5) is 22.6. The molecular formula is C24H26Cl2N4O2. The Morgan fingerprint density at radius 2 is 1.94 bits per heavy atom. The van der Waals surface area contributed by atoms with Crippen molar-refractivity contribution in [2.45, 2.75) is 38.4 Å². The van der Waals surface area contributed by atoms with Crippen LogP contribution in [0.5, 0.6) is 0 Å². The van der Waals surface area contributed by atoms with Crippen molar-refractivity contribution in [1.82, 2.24) is 14.9 Å². The van der Waals surface area contributed by atoms with Gasteiger partial charge in [0.25, 0.3) is 0 Å². The Bertz CT molecular complexity index is 1050. The van der Waals surface area contributed by atoms with Crippen molar-refractivity contribution >= 4 is 30.8 Å². The number of nitriles is 1. The summed E-state index contributed by atoms with van der Waals surface area (Å²) in [6.07, 6.45) is 4.79. The third-order valence-electron chi connectivity index (χ3n) is 5.63. The number of carbonyl (C=O) groups excluding carboxylic acids is 1. The summed E-state index contributed by atoms with van der Waals surface area (Å²) < 4.78 is 5.43. The van der Waals surface area contributed by atoms with E-state index in [-0.39, 0.29) is 42.9 Å². The molecule has 1 N–H and O–H groups in total. The normalized spacial score (nSPS) is 15.9. The summed E-state index contributed by atoms with van der Waals surface area (Å²) in [5.41, 5.74) is 5.09. The number of H-pyrrole nitrogens is 1. The van der Waals surface area contributed by atoms with Crippen LogP contribution in [0.15, 0.2) is 61.1 Å². The first kappa shape index (κ1) is 25.4. The lowest BCUT2D eigenvalue weighted by atomic mass is 9.90. The molecule has 1 unspecified atom stereocenters. The van der Waals surface area contributed by atoms with Crippen LogP contribution in [0, 0.1) is 11.3 Å². The molecule has 0 saturated carbocycles. The van der Waals surface area contributed by atoms with Crippen LogP contribution < -0.4 is 0 Å². The molecule has 32 heavy (non-hydrogen) atoms. The molecule has 2 heterocycles. The van der Waals surface area contributed by atoms with Gasteiger partial charge in [0, 0.05) is 12.7 Å². The predicted molar refractivity (Wildman–Crippen MR) is 127 cm³/mol. The van der Waals surface area contributed by atoms with Crippen LogP contribution in [0.25, 0.3) is 0 Å². The van der Waals surface area contributed by atoms with Gasteiger partial charge in [0.1, 0.15) is 6.04 Å². The van der Waals surface area contributed by atoms with Gasteiger partial charge in [-0.1, -0.05) is 36.4 Å². The number of aromatic amines is 1. The summed E-state index contributed by atoms with van der Waals surface area (Å²) in [5, 5.41) is 9.08. The molecule has 168 valence electrons. The van der Waals surface area contributed by atoms with Gasteiger partial charge in [-0.15, -0.1) is 24.8 Å². The molecule has 4 rings (SSSR count). The van der Waals surface area contributed by atoms with Gasteiger partial charge in [-0.2, -0.15) is 5.26 Å². The largest absolute Gasteiger partial charge is 0.465 e. The molecule has 8 heteroatoms. The predicted octanol–water partition coefficient (Wildman–Crippen LogP) is 4.40. The molecule has 2 atom stereocenters. The molecule has 1 aromatic heterocycles. The first-order valence-corrected chi connectivity index (χ1v) is 10.2. The molecular weight excluding hydrogens is 447 g/mol. The highest BCUT2D eigenvalue weighted by Gasteiger charge is 2.37. The average molecular weight is 473 g/mol. The number of ether oxygens (including phenoxy) is 1. The second-order valence-electron chi connectivity index (χ2n) is 7.45. The Morgan fingerprint density at radius 3 is 2.56 bits per heavy atom. The molecule has 3 aromatic rings. The summed E-state index contributed by atoms with van der Waals surface area (Å²) in [5.74, 6) is -0.198. The van der Waals surface area contributed by atoms with Crippen molar-refractivity contribution in [2.24, 2.45) is 0 Å². The zero-order valence-corrected chi connectivity index (χ0v) is 19.4. The van der Waals surface area contributed by atoms with Gasteiger partial charge in [0.2, 0.25) is 0 Å². The van der Waals surface area contributed by atoms with Crippen LogP contribution in [-0.4, -0.2) is 33.5 Å². The van der Waals surface area contributed by atoms with E-state index in [2.05, 4.69) is 33.1 Å². The molecule has 0 radical (unpaired) electrons. The van der Waals surface area contributed by atoms with Crippen LogP contribution in [0.1, 0.15) is 40.9 Å². The summed E-state index contributed by atoms with van der Waals surface area (Å²) in [6, 6.07) is 17.6. The van der Waals surface area contributed by atoms with E-state index in [1.165, 1.54) is 11.1 Å². The van der Waals surface area contributed by atoms with Crippen molar-refractivity contribution in [3.05, 3.63) is 89.0 Å². The molecule has 1 aliphatic rings. The number of hydrogen-bond acceptors (Lipinski definition) is 5. The number of imidazole rings is 1. The van der Waals surface area contributed by atoms with E-state index in [1.807, 2.05) is 49.5 Å². The van der Waals surface area contributed by atoms with Crippen molar-refractivity contribution in [2.75, 3.05) is 6.61 Å². The quantitative estimate of drug-likeness (QED) is 0.537. The zero-order valence-electron chi connectivity index (χ0n) is 17.7. The number of rotatable bonds is 6. The second kappa shape index (κ2) is 11.7. The number of benzene rings is 2. The Labute approximate surface area is 200 Å². The maximum Gasteiger partial charge on any atom is 0.323 e. The van der Waals surface area contributed by atoms with Gasteiger partial charge in [-0.25, -0.2) is 4.98 Å². The molecule has 1 aliphatic heterocycles. The van der Waals surface area contributed by atoms with E-state index in [9.17, 15) is 4.79 Å². The number of fused-ring (bicyclic) bond motifs is 1. The number of nitrogens with zero attached hydrogens (tertiary/aromatic N) is 3. The lowest BCUT2D eigenvalue weighted by Gasteiger charge is -2.40. The number of nitrogens with one attached hydrogen (secondary N) is 1. The van der Waals surface area contributed by atoms with Crippen LogP contribution in [0.3, 0.4) is 0 Å². The van der Waals surface area contributed by atoms with E-state index in [0.717, 1.165) is 11.3 Å². The third-order valence-corrected chi connectivity index (χ3v) is 5.63. The van der Waals surface area contributed by atoms with Crippen LogP contribution in [0.4, 0.5) is 0 Å². The monoisotopic (exact) mass is 472 g/mol. The van der Waals surface area contributed by atoms with E-state index in [1.54, 1.807) is 6.33 Å². The van der Waals surface area contributed by atoms with Crippen LogP contribution in [0.2, 0.25) is 0 Å². The van der Waals surface area contributed by atoms with Gasteiger partial charge in [-0.05, 0) is 48.6 Å². The van der Waals surface area contributed by atoms with Crippen molar-refractivity contribution in [3.63, 3.8) is 0 Å². The number of hydrogen-bond donors (Lipinski definition) is 1. The van der Waals surface area contributed by atoms with Crippen molar-refractivity contribution < 1.29 is 9.53 Å². The highest BCUT2D eigenvalue weighted by Crippen LogP contribution is 2.33. The lowest BCUT2D eigenvalue weighted by molar-refractivity contribution is -0.151. The van der Waals surface area contributed by atoms with E-state index in [4.69, 9.17) is 10.00 Å². The fourth-order valence-electron chi connectivity index (χ4n) is 4.12. The minimum Gasteiger partial charge on any atom is -0.465 e. The molecule has 0 bridgehead atoms. The van der Waals surface area contributed by atoms with Gasteiger partial charge < -0.3 is 9.72 Å². The first-order chi connectivity index (χ1) is 14.7. The maximum absolute atomic E-state index is 12.9. The Kier molecular flexibility index (Phi) is 9.27. The van der Waals surface area contributed by atoms with Gasteiger partial charge in [-0.3, -0.25) is 9.69 Å². The second-order valence-corrected chi connectivity index (χ2v) is 7.45. The maximum atomic E-state index is 12.9. The molecule has 0 aliphatic carbocycles. The summed E-state index contributed by atoms with van der Waals surface area (Å²) >= 11 is 0. The standard InChI is InChI=1S/C24H24N4O2.2ClH/c1-2-30-24(29)23-12-19-5-3-4-6-20(19)15-28(23)22(21-14-26-16-27-21)11-17-7-9-18(13-25)10-8-17;;/h3-10,14,16,22-23H,2,11-12,15H2,1H3,(H,26,27);2*1H/t22?,23-;;/m1../s1. The highest BCUT2D eigenvalue weighted by atomic mass is 35.5. The molecule has 2 aromatic carbocycles.